The second kappa shape index (κ2) is 22.0. The molecule has 0 bridgehead atoms. The molecular weight excluding hydrogens is 667 g/mol. The predicted molar refractivity (Wildman–Crippen MR) is 204 cm³/mol. The molecule has 2 aliphatic carbocycles. The Labute approximate surface area is 303 Å². The average Bonchev–Trinajstić information content (AvgIpc) is 3.71. The van der Waals surface area contributed by atoms with Gasteiger partial charge in [0.05, 0.1) is 0 Å². The standard InChI is InChI=1S/C21H25.C9H11.C6H11.C5H5.CH2.2ClH.Zr/c1-20(2,3)16-7-9-18-14(12-16)11-15-13-17(21(4,5)6)8-10-19(15)18;1-8(2)9-6-4-3-5-7-9;1-2-4-6-5-3-1;1-2-4-5-3-1;;;;/h7-13H,1-6H3;4-8H,1-2H3;1H,2-6H2;1-3H,4H2;1H2;2*1H;/q4*-1;;;;. The molecule has 0 atom stereocenters. The average molecular weight is 723 g/mol. The first-order valence-corrected chi connectivity index (χ1v) is 17.7. The normalized spacial score (nSPS) is 13.4. The fourth-order valence-electron chi connectivity index (χ4n) is 4.98. The molecule has 0 spiro atoms. The molecule has 4 aromatic rings. The SMILES string of the molecule is CC(C)(C)c1ccc2c(c1)[cH-]c1cc(C(C)(C)C)ccc12.CC(C)c1cc[c-]cc1.Cl.Cl.[C-]1=CC=CC1.[CH-]1CCCCC1.[CH2]=[Zr]. The molecule has 1 fully saturated rings. The third kappa shape index (κ3) is 15.2. The quantitative estimate of drug-likeness (QED) is 0.172. The van der Waals surface area contributed by atoms with Gasteiger partial charge in [0.25, 0.3) is 0 Å². The van der Waals surface area contributed by atoms with Gasteiger partial charge >= 0.3 is 28.4 Å². The van der Waals surface area contributed by atoms with Gasteiger partial charge in [-0.1, -0.05) is 110 Å². The molecule has 4 aromatic carbocycles. The van der Waals surface area contributed by atoms with Crippen molar-refractivity contribution in [3.8, 4) is 0 Å². The van der Waals surface area contributed by atoms with E-state index in [1.165, 1.54) is 94.6 Å². The summed E-state index contributed by atoms with van der Waals surface area (Å²) in [5, 5.41) is 5.48. The van der Waals surface area contributed by atoms with Crippen molar-refractivity contribution in [2.24, 2.45) is 0 Å². The van der Waals surface area contributed by atoms with E-state index in [1.807, 2.05) is 24.3 Å². The zero-order chi connectivity index (χ0) is 31.9. The Balaban J connectivity index is 0.000000665. The van der Waals surface area contributed by atoms with Gasteiger partial charge in [-0.25, -0.2) is 12.2 Å². The molecule has 0 aromatic heterocycles. The number of fused-ring (bicyclic) bond motifs is 3. The van der Waals surface area contributed by atoms with Crippen LogP contribution in [-0.4, -0.2) is 4.21 Å². The van der Waals surface area contributed by atoms with Crippen molar-refractivity contribution in [1.82, 2.24) is 0 Å². The van der Waals surface area contributed by atoms with E-state index in [0.29, 0.717) is 5.92 Å². The first-order chi connectivity index (χ1) is 20.5. The maximum absolute atomic E-state index is 3.34. The molecule has 0 aliphatic heterocycles. The van der Waals surface area contributed by atoms with Gasteiger partial charge in [0, 0.05) is 0 Å². The van der Waals surface area contributed by atoms with Gasteiger partial charge in [-0.15, -0.1) is 71.0 Å². The third-order valence-corrected chi connectivity index (χ3v) is 7.75. The van der Waals surface area contributed by atoms with Crippen LogP contribution in [0.1, 0.15) is 117 Å². The molecule has 0 amide bonds. The summed E-state index contributed by atoms with van der Waals surface area (Å²) in [5.41, 5.74) is 4.60. The molecule has 0 nitrogen and oxygen atoms in total. The zero-order valence-corrected chi connectivity index (χ0v) is 33.1. The fraction of sp³-hybridized carbons (Fsp3) is 0.405. The van der Waals surface area contributed by atoms with Gasteiger partial charge in [0.2, 0.25) is 0 Å². The number of hydrogen-bond acceptors (Lipinski definition) is 0. The molecule has 0 saturated heterocycles. The topological polar surface area (TPSA) is 0 Å². The van der Waals surface area contributed by atoms with Crippen LogP contribution in [0.25, 0.3) is 21.5 Å². The summed E-state index contributed by atoms with van der Waals surface area (Å²) in [4.78, 5) is 0. The summed E-state index contributed by atoms with van der Waals surface area (Å²) >= 11 is 1.30. The van der Waals surface area contributed by atoms with Crippen molar-refractivity contribution in [3.05, 3.63) is 120 Å². The fourth-order valence-corrected chi connectivity index (χ4v) is 4.98. The van der Waals surface area contributed by atoms with Crippen LogP contribution < -0.4 is 0 Å². The molecular formula is C42H56Cl2Zr-4. The molecule has 0 heterocycles. The van der Waals surface area contributed by atoms with Crippen molar-refractivity contribution in [2.75, 3.05) is 0 Å². The summed E-state index contributed by atoms with van der Waals surface area (Å²) in [6.07, 6.45) is 19.5. The van der Waals surface area contributed by atoms with Crippen LogP contribution in [0.4, 0.5) is 0 Å². The summed E-state index contributed by atoms with van der Waals surface area (Å²) in [6.45, 7) is 18.0. The summed E-state index contributed by atoms with van der Waals surface area (Å²) < 4.78 is 3.34. The maximum atomic E-state index is 3.34. The predicted octanol–water partition coefficient (Wildman–Crippen LogP) is 13.2. The molecule has 3 heteroatoms. The van der Waals surface area contributed by atoms with Crippen molar-refractivity contribution >= 4 is 50.6 Å². The summed E-state index contributed by atoms with van der Waals surface area (Å²) in [6, 6.07) is 27.3. The van der Waals surface area contributed by atoms with Crippen molar-refractivity contribution in [2.45, 2.75) is 111 Å². The van der Waals surface area contributed by atoms with E-state index >= 15 is 0 Å². The van der Waals surface area contributed by atoms with Crippen LogP contribution in [0.5, 0.6) is 0 Å². The monoisotopic (exact) mass is 720 g/mol. The van der Waals surface area contributed by atoms with Gasteiger partial charge in [-0.3, -0.25) is 6.08 Å². The van der Waals surface area contributed by atoms with E-state index in [9.17, 15) is 0 Å². The van der Waals surface area contributed by atoms with E-state index in [-0.39, 0.29) is 35.6 Å². The second-order valence-corrected chi connectivity index (χ2v) is 13.7. The number of halogens is 2. The minimum absolute atomic E-state index is 0. The Hall–Kier alpha value is -1.66. The van der Waals surface area contributed by atoms with Crippen LogP contribution in [0.2, 0.25) is 0 Å². The van der Waals surface area contributed by atoms with Crippen LogP contribution in [0.3, 0.4) is 0 Å². The van der Waals surface area contributed by atoms with E-state index in [0.717, 1.165) is 6.42 Å². The third-order valence-electron chi connectivity index (χ3n) is 7.75. The van der Waals surface area contributed by atoms with Gasteiger partial charge in [-0.05, 0) is 16.7 Å². The van der Waals surface area contributed by atoms with Crippen LogP contribution in [0.15, 0.2) is 85.0 Å². The summed E-state index contributed by atoms with van der Waals surface area (Å²) in [7, 11) is 0. The molecule has 246 valence electrons. The molecule has 6 rings (SSSR count). The van der Waals surface area contributed by atoms with E-state index in [2.05, 4.69) is 139 Å². The van der Waals surface area contributed by atoms with Gasteiger partial charge in [0.15, 0.2) is 0 Å². The van der Waals surface area contributed by atoms with Crippen molar-refractivity contribution in [3.63, 3.8) is 0 Å². The van der Waals surface area contributed by atoms with Crippen LogP contribution in [-0.2, 0) is 35.1 Å². The molecule has 1 saturated carbocycles. The zero-order valence-electron chi connectivity index (χ0n) is 29.0. The Morgan fingerprint density at radius 2 is 1.22 bits per heavy atom. The number of allylic oxidation sites excluding steroid dienone is 4. The molecule has 0 unspecified atom stereocenters. The number of benzene rings is 3. The van der Waals surface area contributed by atoms with Gasteiger partial charge in [0.1, 0.15) is 0 Å². The summed E-state index contributed by atoms with van der Waals surface area (Å²) in [5.74, 6) is 0.639. The molecule has 0 radical (unpaired) electrons. The first kappa shape index (κ1) is 43.3. The Kier molecular flexibility index (Phi) is 21.2. The Morgan fingerprint density at radius 3 is 1.49 bits per heavy atom. The second-order valence-electron chi connectivity index (χ2n) is 13.7. The molecule has 2 aliphatic rings. The van der Waals surface area contributed by atoms with Gasteiger partial charge in [-0.2, -0.15) is 54.8 Å². The first-order valence-electron chi connectivity index (χ1n) is 16.0. The van der Waals surface area contributed by atoms with Crippen molar-refractivity contribution < 1.29 is 24.2 Å². The van der Waals surface area contributed by atoms with Gasteiger partial charge < -0.3 is 6.42 Å². The molecule has 45 heavy (non-hydrogen) atoms. The Morgan fingerprint density at radius 1 is 0.733 bits per heavy atom. The van der Waals surface area contributed by atoms with Crippen LogP contribution >= 0.6 is 24.8 Å². The number of rotatable bonds is 1. The van der Waals surface area contributed by atoms with E-state index < -0.39 is 0 Å². The Bertz CT molecular complexity index is 1320. The number of hydrogen-bond donors (Lipinski definition) is 0. The van der Waals surface area contributed by atoms with E-state index in [4.69, 9.17) is 0 Å². The molecule has 0 N–H and O–H groups in total. The van der Waals surface area contributed by atoms with E-state index in [1.54, 1.807) is 0 Å². The van der Waals surface area contributed by atoms with Crippen LogP contribution in [0, 0.1) is 18.6 Å². The van der Waals surface area contributed by atoms with Crippen molar-refractivity contribution in [1.29, 1.82) is 0 Å². The minimum atomic E-state index is 0.